The van der Waals surface area contributed by atoms with Crippen LogP contribution < -0.4 is 83.0 Å². The van der Waals surface area contributed by atoms with E-state index < -0.39 is 57.3 Å². The van der Waals surface area contributed by atoms with Gasteiger partial charge in [0.05, 0.1) is 34.5 Å². The molecule has 0 heterocycles. The van der Waals surface area contributed by atoms with E-state index in [1.54, 1.807) is 12.1 Å². The Hall–Kier alpha value is -9.58. The number of benzene rings is 13. The molecule has 6 aliphatic rings. The standard InChI is InChI=1S/C30H30O4.C26H22O4.C24H26O4.C14H8Br2.C10H13F3O3SSi.CH4.Cs.FH/c1-3-33-27(31)17-19-29-21-11-5-8-14-24(21)30(20-18-28(32)34-4-2,25-15-9-6-12-22(25)29)26-16-10-7-13-23(26)29;27-23(28)13-15-25-17-7-1-2-8-18(17)26(16-14-24(29)30,21-11-5-3-9-19(21)25)22-12-6-4-10-20(22)25;1-3-27-23(25)15-13-21-17-9-5-7-11-19(17)22(14-16-24(26)28-4-2)20-12-8-6-10-18(20)21;15-13-9-5-1-2-6-10(9)14(16)12-8-4-3-7-11(12)13;1-18(2,3)9-7-5-4-6-8(9)16-17(14,15)10(11,12)13;;;/h5-16H,3-4,17-20H2,1-2H3;1-12H,13-16H2,(H,27,28)(H,29,30);5-12H,3-4,13-16H2,1-2H3;1-8H;4-7H,1-3H3;1H4;;1H/q;;;;;;+1;/p-1. The van der Waals surface area contributed by atoms with Gasteiger partial charge in [-0.05, 0) is 230 Å². The zero-order chi connectivity index (χ0) is 89.9. The number of aliphatic carboxylic acids is 2. The zero-order valence-corrected chi connectivity index (χ0v) is 83.9. The molecule has 0 aromatic heterocycles. The predicted molar refractivity (Wildman–Crippen MR) is 504 cm³/mol. The van der Waals surface area contributed by atoms with Gasteiger partial charge in [-0.15, -0.1) is 0 Å². The van der Waals surface area contributed by atoms with Crippen LogP contribution in [0, 0.1) is 0 Å². The molecular weight excluding hydrogens is 1930 g/mol. The average molecular weight is 2030 g/mol. The molecule has 13 aromatic rings. The van der Waals surface area contributed by atoms with Crippen molar-refractivity contribution in [3.8, 4) is 5.75 Å². The van der Waals surface area contributed by atoms with Gasteiger partial charge in [-0.2, -0.15) is 21.6 Å². The molecule has 0 radical (unpaired) electrons. The summed E-state index contributed by atoms with van der Waals surface area (Å²) in [5, 5.41) is 29.1. The summed E-state index contributed by atoms with van der Waals surface area (Å²) in [5.41, 5.74) is 8.88. The van der Waals surface area contributed by atoms with Crippen LogP contribution >= 0.6 is 31.9 Å². The number of carboxylic acids is 2. The fourth-order valence-electron chi connectivity index (χ4n) is 19.5. The second-order valence-electron chi connectivity index (χ2n) is 32.4. The molecule has 129 heavy (non-hydrogen) atoms. The van der Waals surface area contributed by atoms with E-state index in [4.69, 9.17) is 18.9 Å². The first-order valence-electron chi connectivity index (χ1n) is 42.4. The number of fused-ring (bicyclic) bond motifs is 4. The average Bonchev–Trinajstić information content (AvgIpc) is 0.663. The molecule has 4 bridgehead atoms. The summed E-state index contributed by atoms with van der Waals surface area (Å²) in [6.45, 7) is 14.5. The summed E-state index contributed by atoms with van der Waals surface area (Å²) in [6.07, 6.45) is 4.91. The first-order valence-corrected chi connectivity index (χ1v) is 48.9. The molecule has 13 aromatic carbocycles. The second-order valence-corrected chi connectivity index (χ2v) is 40.6. The van der Waals surface area contributed by atoms with Crippen molar-refractivity contribution in [1.29, 1.82) is 0 Å². The Labute approximate surface area is 827 Å². The maximum absolute atomic E-state index is 12.5. The van der Waals surface area contributed by atoms with Crippen LogP contribution in [0.15, 0.2) is 276 Å². The van der Waals surface area contributed by atoms with Crippen molar-refractivity contribution in [3.05, 3.63) is 354 Å². The number of rotatable bonds is 25. The topological polar surface area (TPSA) is 223 Å². The summed E-state index contributed by atoms with van der Waals surface area (Å²) in [7, 11) is -7.60. The van der Waals surface area contributed by atoms with Crippen molar-refractivity contribution in [2.75, 3.05) is 26.4 Å². The number of alkyl halides is 3. The number of carboxylic acid groups (broad SMARTS) is 2. The van der Waals surface area contributed by atoms with E-state index in [1.807, 2.05) is 108 Å². The molecule has 15 nitrogen and oxygen atoms in total. The van der Waals surface area contributed by atoms with Crippen LogP contribution in [0.2, 0.25) is 19.6 Å². The maximum Gasteiger partial charge on any atom is 1.00 e. The van der Waals surface area contributed by atoms with Crippen molar-refractivity contribution >= 4 is 134 Å². The summed E-state index contributed by atoms with van der Waals surface area (Å²) < 4.78 is 86.1. The maximum atomic E-state index is 12.5. The molecule has 0 saturated carbocycles. The minimum Gasteiger partial charge on any atom is -1.00 e. The molecule has 0 aliphatic heterocycles. The van der Waals surface area contributed by atoms with Gasteiger partial charge in [0.25, 0.3) is 0 Å². The molecule has 666 valence electrons. The Balaban J connectivity index is 0.000000171. The van der Waals surface area contributed by atoms with E-state index >= 15 is 0 Å². The van der Waals surface area contributed by atoms with Crippen LogP contribution in [0.4, 0.5) is 13.2 Å². The molecule has 0 fully saturated rings. The van der Waals surface area contributed by atoms with Crippen LogP contribution in [0.3, 0.4) is 0 Å². The zero-order valence-electron chi connectivity index (χ0n) is 72.6. The van der Waals surface area contributed by atoms with Crippen molar-refractivity contribution in [1.82, 2.24) is 0 Å². The first kappa shape index (κ1) is 102. The smallest absolute Gasteiger partial charge is 1.00 e. The Morgan fingerprint density at radius 3 is 0.760 bits per heavy atom. The number of halogens is 6. The second kappa shape index (κ2) is 43.6. The fourth-order valence-corrected chi connectivity index (χ4v) is 22.9. The molecule has 6 aliphatic carbocycles. The number of aryl methyl sites for hydroxylation is 2. The predicted octanol–water partition coefficient (Wildman–Crippen LogP) is 18.0. The van der Waals surface area contributed by atoms with Gasteiger partial charge in [-0.1, -0.05) is 288 Å². The van der Waals surface area contributed by atoms with Gasteiger partial charge < -0.3 is 38.0 Å². The van der Waals surface area contributed by atoms with Crippen molar-refractivity contribution < 1.29 is 157 Å². The van der Waals surface area contributed by atoms with Gasteiger partial charge in [0.15, 0.2) is 0 Å². The summed E-state index contributed by atoms with van der Waals surface area (Å²) >= 11 is 7.39. The number of hydrogen-bond donors (Lipinski definition) is 2. The molecule has 19 rings (SSSR count). The van der Waals surface area contributed by atoms with E-state index in [0.29, 0.717) is 95.8 Å². The number of esters is 4. The third kappa shape index (κ3) is 20.3. The first-order chi connectivity index (χ1) is 60.5. The number of carbonyl (C=O) groups is 6. The minimum atomic E-state index is -5.61. The van der Waals surface area contributed by atoms with Crippen LogP contribution in [-0.4, -0.2) is 94.5 Å². The Kier molecular flexibility index (Phi) is 34.4. The minimum absolute atomic E-state index is 0. The van der Waals surface area contributed by atoms with E-state index in [-0.39, 0.29) is 123 Å². The van der Waals surface area contributed by atoms with Crippen molar-refractivity contribution in [3.63, 3.8) is 0 Å². The third-order valence-corrected chi connectivity index (χ3v) is 29.1. The molecule has 0 unspecified atom stereocenters. The largest absolute Gasteiger partial charge is 1.00 e. The van der Waals surface area contributed by atoms with Gasteiger partial charge in [0.1, 0.15) is 5.75 Å². The van der Waals surface area contributed by atoms with Crippen LogP contribution in [0.5, 0.6) is 5.75 Å². The number of para-hydroxylation sites is 1. The van der Waals surface area contributed by atoms with E-state index in [1.165, 1.54) is 76.0 Å². The summed E-state index contributed by atoms with van der Waals surface area (Å²) in [4.78, 5) is 72.1. The fraction of sp³-hybridized carbons (Fsp3) is 0.276. The molecule has 0 amide bonds. The van der Waals surface area contributed by atoms with Crippen LogP contribution in [-0.2, 0) is 92.3 Å². The quantitative estimate of drug-likeness (QED) is 0.0103. The Morgan fingerprint density at radius 2 is 0.543 bits per heavy atom. The number of ether oxygens (including phenoxy) is 4. The Morgan fingerprint density at radius 1 is 0.341 bits per heavy atom. The van der Waals surface area contributed by atoms with Gasteiger partial charge in [-0.25, -0.2) is 0 Å². The third-order valence-electron chi connectivity index (χ3n) is 24.4. The normalized spacial score (nSPS) is 16.5. The van der Waals surface area contributed by atoms with Gasteiger partial charge in [-0.3, -0.25) is 28.8 Å². The van der Waals surface area contributed by atoms with Crippen LogP contribution in [0.1, 0.15) is 177 Å². The number of carbonyl (C=O) groups excluding carboxylic acids is 4. The molecule has 0 atom stereocenters. The molecule has 0 spiro atoms. The van der Waals surface area contributed by atoms with E-state index in [0.717, 1.165) is 66.1 Å². The molecule has 2 N–H and O–H groups in total. The molecular formula is C105H103Br2CsF4O15SSi. The summed E-state index contributed by atoms with van der Waals surface area (Å²) in [5.74, 6) is -2.57. The Bertz CT molecular complexity index is 5740. The number of hydrogen-bond acceptors (Lipinski definition) is 13. The van der Waals surface area contributed by atoms with Crippen molar-refractivity contribution in [2.45, 2.75) is 159 Å². The van der Waals surface area contributed by atoms with Gasteiger partial charge in [0, 0.05) is 69.1 Å². The van der Waals surface area contributed by atoms with Gasteiger partial charge in [0.2, 0.25) is 0 Å². The SMILES string of the molecule is Brc1c2ccccc2c(Br)c2ccccc12.C.CCOC(=O)CCC12c3ccccc3C(CCC(=O)OCC)(c3ccccc31)c1ccccc12.CCOC(=O)CCc1c2ccccc2c(CCC(=O)OCC)c2ccccc12.C[Si](C)(C)c1ccccc1OS(=O)(=O)C(F)(F)F.O=C(O)CCC12c3ccccc3C(CCC(=O)O)(c3ccccc31)c1ccccc12.[Cs+].[F-]. The monoisotopic (exact) mass is 2030 g/mol. The van der Waals surface area contributed by atoms with Crippen molar-refractivity contribution in [2.24, 2.45) is 0 Å². The molecule has 24 heteroatoms. The van der Waals surface area contributed by atoms with E-state index in [9.17, 15) is 60.6 Å². The molecule has 0 saturated heterocycles. The van der Waals surface area contributed by atoms with E-state index in [2.05, 4.69) is 218 Å². The summed E-state index contributed by atoms with van der Waals surface area (Å²) in [6, 6.07) is 89.4. The van der Waals surface area contributed by atoms with Crippen LogP contribution in [0.25, 0.3) is 43.1 Å². The van der Waals surface area contributed by atoms with Gasteiger partial charge >= 0.3 is 120 Å².